The topological polar surface area (TPSA) is 50.7 Å². The van der Waals surface area contributed by atoms with E-state index in [0.717, 1.165) is 5.69 Å². The van der Waals surface area contributed by atoms with E-state index in [1.807, 2.05) is 6.92 Å². The fraction of sp³-hybridized carbons (Fsp3) is 0.200. The fourth-order valence-electron chi connectivity index (χ4n) is 2.37. The predicted octanol–water partition coefficient (Wildman–Crippen LogP) is 3.18. The van der Waals surface area contributed by atoms with Crippen LogP contribution in [0.4, 0.5) is 4.39 Å². The van der Waals surface area contributed by atoms with Gasteiger partial charge in [-0.25, -0.2) is 9.37 Å². The molecule has 4 nitrogen and oxygen atoms in total. The minimum absolute atomic E-state index is 0.0589. The average Bonchev–Trinajstić information content (AvgIpc) is 2.78. The molecule has 0 aliphatic rings. The minimum atomic E-state index is -0.431. The summed E-state index contributed by atoms with van der Waals surface area (Å²) < 4.78 is 15.3. The maximum Gasteiger partial charge on any atom is 0.263 e. The number of halogens is 2. The van der Waals surface area contributed by atoms with Crippen molar-refractivity contribution < 1.29 is 4.39 Å². The first kappa shape index (κ1) is 13.8. The molecule has 6 heteroatoms. The molecular weight excluding hydrogens is 293 g/mol. The molecule has 0 saturated heterocycles. The number of benzene rings is 1. The number of rotatable bonds is 2. The standard InChI is InChI=1S/C15H13ClFN3O/c1-8-6-10-14(18-8)19-9(2)20(15(10)21)7-11-12(16)4-3-5-13(11)17/h3-6,18H,7H2,1-2H3. The Morgan fingerprint density at radius 3 is 2.86 bits per heavy atom. The van der Waals surface area contributed by atoms with Gasteiger partial charge in [-0.15, -0.1) is 0 Å². The number of nitrogens with one attached hydrogen (secondary N) is 1. The zero-order valence-corrected chi connectivity index (χ0v) is 12.3. The predicted molar refractivity (Wildman–Crippen MR) is 80.3 cm³/mol. The minimum Gasteiger partial charge on any atom is -0.343 e. The first-order valence-electron chi connectivity index (χ1n) is 6.47. The highest BCUT2D eigenvalue weighted by molar-refractivity contribution is 6.31. The third-order valence-corrected chi connectivity index (χ3v) is 3.80. The molecule has 0 aliphatic carbocycles. The summed E-state index contributed by atoms with van der Waals surface area (Å²) in [6, 6.07) is 6.21. The van der Waals surface area contributed by atoms with Crippen molar-refractivity contribution in [2.75, 3.05) is 0 Å². The van der Waals surface area contributed by atoms with Gasteiger partial charge in [0.15, 0.2) is 0 Å². The quantitative estimate of drug-likeness (QED) is 0.790. The van der Waals surface area contributed by atoms with Gasteiger partial charge in [0.25, 0.3) is 5.56 Å². The van der Waals surface area contributed by atoms with E-state index in [-0.39, 0.29) is 17.7 Å². The van der Waals surface area contributed by atoms with Gasteiger partial charge < -0.3 is 4.98 Å². The Morgan fingerprint density at radius 2 is 2.14 bits per heavy atom. The van der Waals surface area contributed by atoms with Gasteiger partial charge in [-0.3, -0.25) is 9.36 Å². The zero-order valence-electron chi connectivity index (χ0n) is 11.6. The summed E-state index contributed by atoms with van der Waals surface area (Å²) in [7, 11) is 0. The highest BCUT2D eigenvalue weighted by Crippen LogP contribution is 2.20. The van der Waals surface area contributed by atoms with Gasteiger partial charge in [-0.05, 0) is 32.0 Å². The molecule has 0 fully saturated rings. The number of nitrogens with zero attached hydrogens (tertiary/aromatic N) is 2. The normalized spacial score (nSPS) is 11.2. The van der Waals surface area contributed by atoms with Crippen LogP contribution in [0.5, 0.6) is 0 Å². The number of aromatic amines is 1. The number of aromatic nitrogens is 3. The van der Waals surface area contributed by atoms with Crippen LogP contribution in [0.25, 0.3) is 11.0 Å². The maximum atomic E-state index is 13.9. The summed E-state index contributed by atoms with van der Waals surface area (Å²) in [5.41, 5.74) is 1.49. The summed E-state index contributed by atoms with van der Waals surface area (Å²) in [6.45, 7) is 3.63. The van der Waals surface area contributed by atoms with Crippen LogP contribution in [-0.2, 0) is 6.54 Å². The summed E-state index contributed by atoms with van der Waals surface area (Å²) in [6.07, 6.45) is 0. The molecule has 2 aromatic heterocycles. The van der Waals surface area contributed by atoms with Crippen LogP contribution in [0.3, 0.4) is 0 Å². The van der Waals surface area contributed by atoms with E-state index in [4.69, 9.17) is 11.6 Å². The lowest BCUT2D eigenvalue weighted by molar-refractivity contribution is 0.591. The lowest BCUT2D eigenvalue weighted by Gasteiger charge is -2.11. The van der Waals surface area contributed by atoms with Crippen LogP contribution in [0, 0.1) is 19.7 Å². The van der Waals surface area contributed by atoms with E-state index in [9.17, 15) is 9.18 Å². The first-order chi connectivity index (χ1) is 9.97. The molecule has 0 saturated carbocycles. The molecule has 21 heavy (non-hydrogen) atoms. The van der Waals surface area contributed by atoms with Crippen molar-refractivity contribution in [3.63, 3.8) is 0 Å². The largest absolute Gasteiger partial charge is 0.343 e. The maximum absolute atomic E-state index is 13.9. The second-order valence-electron chi connectivity index (χ2n) is 4.97. The molecule has 0 amide bonds. The van der Waals surface area contributed by atoms with Crippen LogP contribution in [0.15, 0.2) is 29.1 Å². The second-order valence-corrected chi connectivity index (χ2v) is 5.37. The Labute approximate surface area is 125 Å². The Bertz CT molecular complexity index is 878. The van der Waals surface area contributed by atoms with Gasteiger partial charge in [0.05, 0.1) is 11.9 Å². The zero-order chi connectivity index (χ0) is 15.1. The monoisotopic (exact) mass is 305 g/mol. The van der Waals surface area contributed by atoms with Crippen molar-refractivity contribution in [1.29, 1.82) is 0 Å². The molecule has 3 aromatic rings. The van der Waals surface area contributed by atoms with Crippen molar-refractivity contribution in [2.24, 2.45) is 0 Å². The smallest absolute Gasteiger partial charge is 0.263 e. The second kappa shape index (κ2) is 5.00. The van der Waals surface area contributed by atoms with Crippen molar-refractivity contribution in [3.05, 3.63) is 62.5 Å². The van der Waals surface area contributed by atoms with Gasteiger partial charge in [-0.1, -0.05) is 17.7 Å². The molecule has 1 aromatic carbocycles. The van der Waals surface area contributed by atoms with Gasteiger partial charge in [-0.2, -0.15) is 0 Å². The molecule has 0 unspecified atom stereocenters. The molecule has 2 heterocycles. The molecule has 0 radical (unpaired) electrons. The molecule has 0 spiro atoms. The Balaban J connectivity index is 2.19. The highest BCUT2D eigenvalue weighted by atomic mass is 35.5. The van der Waals surface area contributed by atoms with Gasteiger partial charge >= 0.3 is 0 Å². The molecule has 108 valence electrons. The van der Waals surface area contributed by atoms with Crippen LogP contribution in [0.2, 0.25) is 5.02 Å². The Kier molecular flexibility index (Phi) is 3.29. The van der Waals surface area contributed by atoms with E-state index in [0.29, 0.717) is 21.9 Å². The summed E-state index contributed by atoms with van der Waals surface area (Å²) in [5, 5.41) is 0.789. The average molecular weight is 306 g/mol. The molecule has 1 N–H and O–H groups in total. The van der Waals surface area contributed by atoms with Crippen molar-refractivity contribution >= 4 is 22.6 Å². The van der Waals surface area contributed by atoms with E-state index >= 15 is 0 Å². The van der Waals surface area contributed by atoms with Crippen molar-refractivity contribution in [3.8, 4) is 0 Å². The van der Waals surface area contributed by atoms with Crippen LogP contribution < -0.4 is 5.56 Å². The summed E-state index contributed by atoms with van der Waals surface area (Å²) in [5.74, 6) is 0.0767. The van der Waals surface area contributed by atoms with Crippen LogP contribution >= 0.6 is 11.6 Å². The number of hydrogen-bond acceptors (Lipinski definition) is 2. The number of hydrogen-bond donors (Lipinski definition) is 1. The molecular formula is C15H13ClFN3O. The van der Waals surface area contributed by atoms with Crippen molar-refractivity contribution in [2.45, 2.75) is 20.4 Å². The van der Waals surface area contributed by atoms with Crippen molar-refractivity contribution in [1.82, 2.24) is 14.5 Å². The fourth-order valence-corrected chi connectivity index (χ4v) is 2.59. The first-order valence-corrected chi connectivity index (χ1v) is 6.85. The third-order valence-electron chi connectivity index (χ3n) is 3.45. The summed E-state index contributed by atoms with van der Waals surface area (Å²) >= 11 is 6.02. The number of aryl methyl sites for hydroxylation is 2. The molecule has 3 rings (SSSR count). The van der Waals surface area contributed by atoms with E-state index in [1.54, 1.807) is 19.1 Å². The Morgan fingerprint density at radius 1 is 1.38 bits per heavy atom. The molecule has 0 aliphatic heterocycles. The third kappa shape index (κ3) is 2.34. The van der Waals surface area contributed by atoms with E-state index in [1.165, 1.54) is 16.7 Å². The number of fused-ring (bicyclic) bond motifs is 1. The highest BCUT2D eigenvalue weighted by Gasteiger charge is 2.14. The van der Waals surface area contributed by atoms with Gasteiger partial charge in [0.1, 0.15) is 17.3 Å². The van der Waals surface area contributed by atoms with Crippen LogP contribution in [0.1, 0.15) is 17.1 Å². The molecule has 0 bridgehead atoms. The van der Waals surface area contributed by atoms with E-state index < -0.39 is 5.82 Å². The molecule has 0 atom stereocenters. The van der Waals surface area contributed by atoms with Crippen LogP contribution in [-0.4, -0.2) is 14.5 Å². The number of H-pyrrole nitrogens is 1. The van der Waals surface area contributed by atoms with E-state index in [2.05, 4.69) is 9.97 Å². The summed E-state index contributed by atoms with van der Waals surface area (Å²) in [4.78, 5) is 19.9. The lowest BCUT2D eigenvalue weighted by atomic mass is 10.2. The van der Waals surface area contributed by atoms with Gasteiger partial charge in [0, 0.05) is 16.3 Å². The Hall–Kier alpha value is -2.14. The van der Waals surface area contributed by atoms with Gasteiger partial charge in [0.2, 0.25) is 0 Å². The SMILES string of the molecule is Cc1cc2c(=O)n(Cc3c(F)cccc3Cl)c(C)nc2[nH]1. The lowest BCUT2D eigenvalue weighted by Crippen LogP contribution is -2.24.